The molecule has 0 bridgehead atoms. The van der Waals surface area contributed by atoms with Crippen LogP contribution in [0.25, 0.3) is 0 Å². The normalized spacial score (nSPS) is 12.2. The molecule has 18 heavy (non-hydrogen) atoms. The lowest BCUT2D eigenvalue weighted by Crippen LogP contribution is -2.28. The fraction of sp³-hybridized carbons (Fsp3) is 0.500. The van der Waals surface area contributed by atoms with E-state index in [4.69, 9.17) is 0 Å². The van der Waals surface area contributed by atoms with Gasteiger partial charge in [0.1, 0.15) is 5.82 Å². The van der Waals surface area contributed by atoms with Gasteiger partial charge in [-0.25, -0.2) is 4.39 Å². The SMILES string of the molecule is CCCCCC(=O)NCC(O)c1cccc(F)c1. The van der Waals surface area contributed by atoms with Crippen LogP contribution in [0.4, 0.5) is 4.39 Å². The highest BCUT2D eigenvalue weighted by Crippen LogP contribution is 2.13. The Bertz CT molecular complexity index is 382. The quantitative estimate of drug-likeness (QED) is 0.734. The van der Waals surface area contributed by atoms with Gasteiger partial charge >= 0.3 is 0 Å². The number of aliphatic hydroxyl groups is 1. The maximum atomic E-state index is 12.9. The number of unbranched alkanes of at least 4 members (excludes halogenated alkanes) is 2. The van der Waals surface area contributed by atoms with Crippen LogP contribution < -0.4 is 5.32 Å². The van der Waals surface area contributed by atoms with Crippen molar-refractivity contribution < 1.29 is 14.3 Å². The first-order chi connectivity index (χ1) is 8.63. The van der Waals surface area contributed by atoms with E-state index in [-0.39, 0.29) is 18.3 Å². The zero-order valence-electron chi connectivity index (χ0n) is 10.7. The van der Waals surface area contributed by atoms with E-state index < -0.39 is 6.10 Å². The van der Waals surface area contributed by atoms with Gasteiger partial charge in [0.2, 0.25) is 5.91 Å². The van der Waals surface area contributed by atoms with E-state index in [2.05, 4.69) is 12.2 Å². The number of carbonyl (C=O) groups excluding carboxylic acids is 1. The molecule has 0 heterocycles. The minimum absolute atomic E-state index is 0.0705. The summed E-state index contributed by atoms with van der Waals surface area (Å²) in [5.74, 6) is -0.459. The molecule has 0 radical (unpaired) electrons. The Labute approximate surface area is 107 Å². The fourth-order valence-corrected chi connectivity index (χ4v) is 1.67. The topological polar surface area (TPSA) is 49.3 Å². The van der Waals surface area contributed by atoms with Gasteiger partial charge in [0.05, 0.1) is 6.10 Å². The summed E-state index contributed by atoms with van der Waals surface area (Å²) in [6, 6.07) is 5.77. The van der Waals surface area contributed by atoms with E-state index in [9.17, 15) is 14.3 Å². The van der Waals surface area contributed by atoms with E-state index in [1.165, 1.54) is 18.2 Å². The highest BCUT2D eigenvalue weighted by Gasteiger charge is 2.09. The van der Waals surface area contributed by atoms with Crippen LogP contribution in [-0.2, 0) is 4.79 Å². The van der Waals surface area contributed by atoms with Crippen molar-refractivity contribution in [1.82, 2.24) is 5.32 Å². The van der Waals surface area contributed by atoms with Crippen LogP contribution in [0.2, 0.25) is 0 Å². The van der Waals surface area contributed by atoms with Gasteiger partial charge in [0.25, 0.3) is 0 Å². The summed E-state index contributed by atoms with van der Waals surface area (Å²) in [5.41, 5.74) is 0.476. The summed E-state index contributed by atoms with van der Waals surface area (Å²) < 4.78 is 12.9. The molecule has 3 nitrogen and oxygen atoms in total. The molecule has 0 fully saturated rings. The Hall–Kier alpha value is -1.42. The smallest absolute Gasteiger partial charge is 0.220 e. The molecule has 1 aromatic carbocycles. The Balaban J connectivity index is 2.32. The standard InChI is InChI=1S/C14H20FNO2/c1-2-3-4-8-14(18)16-10-13(17)11-6-5-7-12(15)9-11/h5-7,9,13,17H,2-4,8,10H2,1H3,(H,16,18). The predicted octanol–water partition coefficient (Wildman–Crippen LogP) is 2.56. The molecular weight excluding hydrogens is 233 g/mol. The van der Waals surface area contributed by atoms with Gasteiger partial charge < -0.3 is 10.4 Å². The summed E-state index contributed by atoms with van der Waals surface area (Å²) >= 11 is 0. The van der Waals surface area contributed by atoms with Crippen molar-refractivity contribution in [2.24, 2.45) is 0 Å². The third-order valence-electron chi connectivity index (χ3n) is 2.73. The lowest BCUT2D eigenvalue weighted by atomic mass is 10.1. The summed E-state index contributed by atoms with van der Waals surface area (Å²) in [7, 11) is 0. The minimum atomic E-state index is -0.865. The number of hydrogen-bond acceptors (Lipinski definition) is 2. The molecular formula is C14H20FNO2. The monoisotopic (exact) mass is 253 g/mol. The summed E-state index contributed by atoms with van der Waals surface area (Å²) in [6.07, 6.45) is 2.57. The van der Waals surface area contributed by atoms with E-state index in [1.54, 1.807) is 6.07 Å². The largest absolute Gasteiger partial charge is 0.387 e. The summed E-state index contributed by atoms with van der Waals surface area (Å²) in [6.45, 7) is 2.19. The number of nitrogens with one attached hydrogen (secondary N) is 1. The molecule has 0 saturated heterocycles. The predicted molar refractivity (Wildman–Crippen MR) is 68.5 cm³/mol. The lowest BCUT2D eigenvalue weighted by molar-refractivity contribution is -0.121. The summed E-state index contributed by atoms with van der Waals surface area (Å²) in [4.78, 5) is 11.4. The van der Waals surface area contributed by atoms with Crippen molar-refractivity contribution in [2.45, 2.75) is 38.7 Å². The van der Waals surface area contributed by atoms with Crippen LogP contribution in [0.1, 0.15) is 44.3 Å². The Morgan fingerprint density at radius 1 is 1.44 bits per heavy atom. The number of benzene rings is 1. The summed E-state index contributed by atoms with van der Waals surface area (Å²) in [5, 5.41) is 12.4. The Morgan fingerprint density at radius 2 is 2.22 bits per heavy atom. The number of rotatable bonds is 7. The van der Waals surface area contributed by atoms with Crippen molar-refractivity contribution in [2.75, 3.05) is 6.54 Å². The molecule has 0 aliphatic rings. The van der Waals surface area contributed by atoms with Gasteiger partial charge in [-0.2, -0.15) is 0 Å². The highest BCUT2D eigenvalue weighted by molar-refractivity contribution is 5.75. The first-order valence-electron chi connectivity index (χ1n) is 6.33. The number of hydrogen-bond donors (Lipinski definition) is 2. The second-order valence-electron chi connectivity index (χ2n) is 4.33. The van der Waals surface area contributed by atoms with Crippen LogP contribution in [0.15, 0.2) is 24.3 Å². The molecule has 0 aliphatic heterocycles. The fourth-order valence-electron chi connectivity index (χ4n) is 1.67. The van der Waals surface area contributed by atoms with Crippen LogP contribution in [0, 0.1) is 5.82 Å². The van der Waals surface area contributed by atoms with Crippen molar-refractivity contribution in [1.29, 1.82) is 0 Å². The minimum Gasteiger partial charge on any atom is -0.387 e. The molecule has 0 spiro atoms. The van der Waals surface area contributed by atoms with Crippen molar-refractivity contribution >= 4 is 5.91 Å². The van der Waals surface area contributed by atoms with E-state index in [0.717, 1.165) is 19.3 Å². The van der Waals surface area contributed by atoms with Gasteiger partial charge in [0.15, 0.2) is 0 Å². The maximum absolute atomic E-state index is 12.9. The van der Waals surface area contributed by atoms with Gasteiger partial charge in [0, 0.05) is 13.0 Å². The van der Waals surface area contributed by atoms with Gasteiger partial charge in [-0.1, -0.05) is 31.9 Å². The van der Waals surface area contributed by atoms with E-state index in [1.807, 2.05) is 0 Å². The molecule has 0 saturated carbocycles. The molecule has 100 valence electrons. The zero-order valence-corrected chi connectivity index (χ0v) is 10.7. The Morgan fingerprint density at radius 3 is 2.89 bits per heavy atom. The molecule has 1 rings (SSSR count). The van der Waals surface area contributed by atoms with Crippen LogP contribution in [0.3, 0.4) is 0 Å². The lowest BCUT2D eigenvalue weighted by Gasteiger charge is -2.12. The van der Waals surface area contributed by atoms with Crippen LogP contribution in [-0.4, -0.2) is 17.6 Å². The van der Waals surface area contributed by atoms with Crippen LogP contribution in [0.5, 0.6) is 0 Å². The van der Waals surface area contributed by atoms with Crippen molar-refractivity contribution in [3.8, 4) is 0 Å². The molecule has 0 aliphatic carbocycles. The van der Waals surface area contributed by atoms with Crippen molar-refractivity contribution in [3.05, 3.63) is 35.6 Å². The molecule has 1 unspecified atom stereocenters. The highest BCUT2D eigenvalue weighted by atomic mass is 19.1. The zero-order chi connectivity index (χ0) is 13.4. The average molecular weight is 253 g/mol. The van der Waals surface area contributed by atoms with Crippen molar-refractivity contribution in [3.63, 3.8) is 0 Å². The van der Waals surface area contributed by atoms with Gasteiger partial charge in [-0.05, 0) is 24.1 Å². The van der Waals surface area contributed by atoms with E-state index >= 15 is 0 Å². The van der Waals surface area contributed by atoms with Gasteiger partial charge in [-0.15, -0.1) is 0 Å². The van der Waals surface area contributed by atoms with Gasteiger partial charge in [-0.3, -0.25) is 4.79 Å². The third-order valence-corrected chi connectivity index (χ3v) is 2.73. The second-order valence-corrected chi connectivity index (χ2v) is 4.33. The second kappa shape index (κ2) is 7.82. The molecule has 0 aromatic heterocycles. The molecule has 1 amide bonds. The molecule has 1 atom stereocenters. The first-order valence-corrected chi connectivity index (χ1v) is 6.33. The number of carbonyl (C=O) groups is 1. The molecule has 1 aromatic rings. The van der Waals surface area contributed by atoms with E-state index in [0.29, 0.717) is 12.0 Å². The Kier molecular flexibility index (Phi) is 6.36. The maximum Gasteiger partial charge on any atom is 0.220 e. The number of amides is 1. The molecule has 4 heteroatoms. The number of aliphatic hydroxyl groups excluding tert-OH is 1. The van der Waals surface area contributed by atoms with Crippen LogP contribution >= 0.6 is 0 Å². The number of halogens is 1. The third kappa shape index (κ3) is 5.27. The molecule has 2 N–H and O–H groups in total. The average Bonchev–Trinajstić information content (AvgIpc) is 2.36. The first kappa shape index (κ1) is 14.6.